The Bertz CT molecular complexity index is 335. The number of alkyl carbamates (subject to hydrolysis) is 1. The van der Waals surface area contributed by atoms with Crippen LogP contribution in [-0.4, -0.2) is 28.8 Å². The number of hydrogen-bond acceptors (Lipinski definition) is 3. The minimum absolute atomic E-state index is 0.00924. The van der Waals surface area contributed by atoms with Gasteiger partial charge in [0.05, 0.1) is 0 Å². The lowest BCUT2D eigenvalue weighted by atomic mass is 9.62. The van der Waals surface area contributed by atoms with Crippen LogP contribution in [0.5, 0.6) is 0 Å². The number of nitrogens with one attached hydrogen (secondary N) is 1. The van der Waals surface area contributed by atoms with Gasteiger partial charge in [0.25, 0.3) is 0 Å². The molecule has 0 aliphatic heterocycles. The molecular weight excluding hydrogens is 234 g/mol. The Morgan fingerprint density at radius 3 is 2.17 bits per heavy atom. The van der Waals surface area contributed by atoms with Crippen molar-refractivity contribution >= 4 is 12.1 Å². The van der Waals surface area contributed by atoms with Gasteiger partial charge in [-0.3, -0.25) is 0 Å². The molecule has 0 saturated heterocycles. The number of carbonyl (C=O) groups is 2. The molecule has 0 bridgehead atoms. The number of amides is 1. The average Bonchev–Trinajstić information content (AvgIpc) is 2.06. The summed E-state index contributed by atoms with van der Waals surface area (Å²) in [5, 5.41) is 11.6. The largest absolute Gasteiger partial charge is 0.480 e. The van der Waals surface area contributed by atoms with E-state index in [9.17, 15) is 9.59 Å². The molecule has 1 fully saturated rings. The predicted molar refractivity (Wildman–Crippen MR) is 67.3 cm³/mol. The fraction of sp³-hybridized carbons (Fsp3) is 0.846. The standard InChI is InChI=1S/C13H23NO4/c1-12(2,3)18-11(17)14-9(10(15)16)8-6-13(4,5)7-8/h8-9H,6-7H2,1-5H3,(H,14,17)(H,15,16). The molecule has 2 N–H and O–H groups in total. The highest BCUT2D eigenvalue weighted by Gasteiger charge is 2.44. The topological polar surface area (TPSA) is 75.6 Å². The second kappa shape index (κ2) is 4.78. The first kappa shape index (κ1) is 14.8. The second-order valence-corrected chi connectivity index (χ2v) is 6.79. The van der Waals surface area contributed by atoms with Gasteiger partial charge in [-0.05, 0) is 44.9 Å². The maximum atomic E-state index is 11.6. The molecule has 1 unspecified atom stereocenters. The van der Waals surface area contributed by atoms with E-state index in [4.69, 9.17) is 9.84 Å². The van der Waals surface area contributed by atoms with Crippen LogP contribution >= 0.6 is 0 Å². The van der Waals surface area contributed by atoms with E-state index in [0.717, 1.165) is 12.8 Å². The number of carboxylic acids is 1. The third-order valence-electron chi connectivity index (χ3n) is 3.04. The van der Waals surface area contributed by atoms with Crippen molar-refractivity contribution in [3.05, 3.63) is 0 Å². The molecule has 0 heterocycles. The molecule has 0 radical (unpaired) electrons. The first-order chi connectivity index (χ1) is 8.00. The highest BCUT2D eigenvalue weighted by molar-refractivity contribution is 5.80. The van der Waals surface area contributed by atoms with Crippen LogP contribution < -0.4 is 5.32 Å². The van der Waals surface area contributed by atoms with Crippen LogP contribution in [0.4, 0.5) is 4.79 Å². The lowest BCUT2D eigenvalue weighted by Gasteiger charge is -2.45. The molecule has 1 saturated carbocycles. The van der Waals surface area contributed by atoms with Gasteiger partial charge in [0.2, 0.25) is 0 Å². The molecular formula is C13H23NO4. The Labute approximate surface area is 108 Å². The third kappa shape index (κ3) is 4.20. The molecule has 1 amide bonds. The van der Waals surface area contributed by atoms with Gasteiger partial charge in [-0.25, -0.2) is 9.59 Å². The van der Waals surface area contributed by atoms with Gasteiger partial charge in [-0.1, -0.05) is 13.8 Å². The summed E-state index contributed by atoms with van der Waals surface area (Å²) in [4.78, 5) is 22.8. The minimum atomic E-state index is -0.999. The van der Waals surface area contributed by atoms with Crippen molar-refractivity contribution in [2.45, 2.75) is 59.1 Å². The van der Waals surface area contributed by atoms with Crippen LogP contribution in [0.15, 0.2) is 0 Å². The third-order valence-corrected chi connectivity index (χ3v) is 3.04. The number of rotatable bonds is 3. The number of hydrogen-bond donors (Lipinski definition) is 2. The lowest BCUT2D eigenvalue weighted by Crippen LogP contribution is -2.53. The Balaban J connectivity index is 2.55. The number of carboxylic acid groups (broad SMARTS) is 1. The predicted octanol–water partition coefficient (Wildman–Crippen LogP) is 2.40. The van der Waals surface area contributed by atoms with E-state index in [1.54, 1.807) is 20.8 Å². The maximum absolute atomic E-state index is 11.6. The van der Waals surface area contributed by atoms with Crippen molar-refractivity contribution < 1.29 is 19.4 Å². The summed E-state index contributed by atoms with van der Waals surface area (Å²) in [5.74, 6) is -1.01. The Kier molecular flexibility index (Phi) is 3.93. The van der Waals surface area contributed by atoms with Gasteiger partial charge in [-0.2, -0.15) is 0 Å². The summed E-state index contributed by atoms with van der Waals surface area (Å²) in [6, 6.07) is -0.854. The number of carbonyl (C=O) groups excluding carboxylic acids is 1. The molecule has 5 heteroatoms. The molecule has 0 aromatic rings. The molecule has 0 aromatic heterocycles. The molecule has 1 atom stereocenters. The van der Waals surface area contributed by atoms with Crippen LogP contribution in [0.3, 0.4) is 0 Å². The zero-order chi connectivity index (χ0) is 14.1. The van der Waals surface area contributed by atoms with Crippen LogP contribution in [0.2, 0.25) is 0 Å². The summed E-state index contributed by atoms with van der Waals surface area (Å²) >= 11 is 0. The van der Waals surface area contributed by atoms with Crippen LogP contribution in [-0.2, 0) is 9.53 Å². The van der Waals surface area contributed by atoms with Gasteiger partial charge in [0, 0.05) is 0 Å². The van der Waals surface area contributed by atoms with Gasteiger partial charge in [-0.15, -0.1) is 0 Å². The normalized spacial score (nSPS) is 20.7. The van der Waals surface area contributed by atoms with E-state index >= 15 is 0 Å². The Morgan fingerprint density at radius 2 is 1.83 bits per heavy atom. The van der Waals surface area contributed by atoms with E-state index in [0.29, 0.717) is 0 Å². The van der Waals surface area contributed by atoms with E-state index in [2.05, 4.69) is 19.2 Å². The van der Waals surface area contributed by atoms with Crippen molar-refractivity contribution in [1.29, 1.82) is 0 Å². The molecule has 1 aliphatic carbocycles. The Hall–Kier alpha value is -1.26. The van der Waals surface area contributed by atoms with E-state index < -0.39 is 23.7 Å². The molecule has 0 aromatic carbocycles. The van der Waals surface area contributed by atoms with E-state index in [1.807, 2.05) is 0 Å². The fourth-order valence-electron chi connectivity index (χ4n) is 2.41. The van der Waals surface area contributed by atoms with E-state index in [1.165, 1.54) is 0 Å². The Morgan fingerprint density at radius 1 is 1.33 bits per heavy atom. The summed E-state index contributed by atoms with van der Waals surface area (Å²) in [6.45, 7) is 9.42. The first-order valence-electron chi connectivity index (χ1n) is 6.22. The van der Waals surface area contributed by atoms with Crippen molar-refractivity contribution in [2.24, 2.45) is 11.3 Å². The highest BCUT2D eigenvalue weighted by Crippen LogP contribution is 2.46. The van der Waals surface area contributed by atoms with Crippen LogP contribution in [0.1, 0.15) is 47.5 Å². The zero-order valence-electron chi connectivity index (χ0n) is 11.7. The van der Waals surface area contributed by atoms with Crippen LogP contribution in [0.25, 0.3) is 0 Å². The number of ether oxygens (including phenoxy) is 1. The lowest BCUT2D eigenvalue weighted by molar-refractivity contribution is -0.143. The molecule has 104 valence electrons. The molecule has 0 spiro atoms. The molecule has 5 nitrogen and oxygen atoms in total. The van der Waals surface area contributed by atoms with Gasteiger partial charge in [0.1, 0.15) is 11.6 Å². The molecule has 18 heavy (non-hydrogen) atoms. The number of aliphatic carboxylic acids is 1. The summed E-state index contributed by atoms with van der Waals surface area (Å²) < 4.78 is 5.08. The minimum Gasteiger partial charge on any atom is -0.480 e. The van der Waals surface area contributed by atoms with Crippen LogP contribution in [0, 0.1) is 11.3 Å². The SMILES string of the molecule is CC1(C)CC(C(NC(=O)OC(C)(C)C)C(=O)O)C1. The van der Waals surface area contributed by atoms with E-state index in [-0.39, 0.29) is 11.3 Å². The summed E-state index contributed by atoms with van der Waals surface area (Å²) in [6.07, 6.45) is 0.944. The van der Waals surface area contributed by atoms with Crippen molar-refractivity contribution in [2.75, 3.05) is 0 Å². The van der Waals surface area contributed by atoms with Gasteiger partial charge >= 0.3 is 12.1 Å². The second-order valence-electron chi connectivity index (χ2n) is 6.79. The zero-order valence-corrected chi connectivity index (χ0v) is 11.7. The maximum Gasteiger partial charge on any atom is 0.408 e. The monoisotopic (exact) mass is 257 g/mol. The highest BCUT2D eigenvalue weighted by atomic mass is 16.6. The van der Waals surface area contributed by atoms with Gasteiger partial charge in [0.15, 0.2) is 0 Å². The van der Waals surface area contributed by atoms with Crippen molar-refractivity contribution in [3.8, 4) is 0 Å². The van der Waals surface area contributed by atoms with Crippen molar-refractivity contribution in [3.63, 3.8) is 0 Å². The average molecular weight is 257 g/mol. The molecule has 1 aliphatic rings. The first-order valence-corrected chi connectivity index (χ1v) is 6.22. The molecule has 1 rings (SSSR count). The quantitative estimate of drug-likeness (QED) is 0.814. The summed E-state index contributed by atoms with van der Waals surface area (Å²) in [5.41, 5.74) is -0.444. The smallest absolute Gasteiger partial charge is 0.408 e. The van der Waals surface area contributed by atoms with Gasteiger partial charge < -0.3 is 15.2 Å². The fourth-order valence-corrected chi connectivity index (χ4v) is 2.41. The van der Waals surface area contributed by atoms with Crippen molar-refractivity contribution in [1.82, 2.24) is 5.32 Å². The summed E-state index contributed by atoms with van der Waals surface area (Å²) in [7, 11) is 0.